The average molecular weight is 378 g/mol. The average Bonchev–Trinajstić information content (AvgIpc) is 2.99. The highest BCUT2D eigenvalue weighted by Gasteiger charge is 2.09. The van der Waals surface area contributed by atoms with Crippen molar-refractivity contribution in [3.63, 3.8) is 0 Å². The maximum atomic E-state index is 6.07. The fraction of sp³-hybridized carbons (Fsp3) is 0.158. The zero-order valence-corrected chi connectivity index (χ0v) is 15.7. The largest absolute Gasteiger partial charge is 0.457 e. The predicted molar refractivity (Wildman–Crippen MR) is 104 cm³/mol. The van der Waals surface area contributed by atoms with Gasteiger partial charge in [-0.05, 0) is 62.0 Å². The first-order valence-electron chi connectivity index (χ1n) is 7.54. The summed E-state index contributed by atoms with van der Waals surface area (Å²) in [5.41, 5.74) is 2.28. The lowest BCUT2D eigenvalue weighted by Gasteiger charge is -2.13. The molecule has 3 aromatic rings. The third-order valence-corrected chi connectivity index (χ3v) is 5.36. The van der Waals surface area contributed by atoms with Gasteiger partial charge in [0.2, 0.25) is 0 Å². The lowest BCUT2D eigenvalue weighted by atomic mass is 10.1. The highest BCUT2D eigenvalue weighted by Crippen LogP contribution is 2.34. The summed E-state index contributed by atoms with van der Waals surface area (Å²) in [7, 11) is 1.92. The maximum absolute atomic E-state index is 6.07. The van der Waals surface area contributed by atoms with Crippen LogP contribution in [0, 0.1) is 6.92 Å². The van der Waals surface area contributed by atoms with E-state index >= 15 is 0 Å². The first kappa shape index (κ1) is 17.3. The van der Waals surface area contributed by atoms with Crippen molar-refractivity contribution in [1.82, 2.24) is 5.32 Å². The minimum Gasteiger partial charge on any atom is -0.457 e. The van der Waals surface area contributed by atoms with E-state index in [9.17, 15) is 0 Å². The summed E-state index contributed by atoms with van der Waals surface area (Å²) in [5, 5.41) is 4.19. The van der Waals surface area contributed by atoms with Crippen LogP contribution in [0.5, 0.6) is 11.5 Å². The monoisotopic (exact) mass is 377 g/mol. The molecule has 1 heterocycles. The van der Waals surface area contributed by atoms with Gasteiger partial charge in [-0.25, -0.2) is 0 Å². The van der Waals surface area contributed by atoms with Gasteiger partial charge in [-0.15, -0.1) is 11.3 Å². The normalized spacial score (nSPS) is 10.8. The van der Waals surface area contributed by atoms with Gasteiger partial charge in [0.1, 0.15) is 11.5 Å². The van der Waals surface area contributed by atoms with E-state index in [-0.39, 0.29) is 0 Å². The van der Waals surface area contributed by atoms with Crippen molar-refractivity contribution < 1.29 is 4.74 Å². The quantitative estimate of drug-likeness (QED) is 0.544. The van der Waals surface area contributed by atoms with E-state index in [4.69, 9.17) is 27.9 Å². The lowest BCUT2D eigenvalue weighted by Crippen LogP contribution is -2.06. The van der Waals surface area contributed by atoms with Crippen LogP contribution >= 0.6 is 34.5 Å². The third kappa shape index (κ3) is 3.93. The molecule has 0 bridgehead atoms. The van der Waals surface area contributed by atoms with Gasteiger partial charge < -0.3 is 10.1 Å². The van der Waals surface area contributed by atoms with Crippen molar-refractivity contribution in [2.24, 2.45) is 0 Å². The van der Waals surface area contributed by atoms with Crippen molar-refractivity contribution in [1.29, 1.82) is 0 Å². The Balaban J connectivity index is 1.93. The zero-order chi connectivity index (χ0) is 17.1. The molecule has 0 radical (unpaired) electrons. The van der Waals surface area contributed by atoms with Crippen LogP contribution < -0.4 is 10.1 Å². The van der Waals surface area contributed by atoms with Gasteiger partial charge in [0.15, 0.2) is 0 Å². The number of rotatable bonds is 5. The summed E-state index contributed by atoms with van der Waals surface area (Å²) < 4.78 is 6.01. The van der Waals surface area contributed by atoms with Crippen molar-refractivity contribution in [2.75, 3.05) is 7.05 Å². The smallest absolute Gasteiger partial charge is 0.131 e. The number of halogens is 2. The minimum absolute atomic E-state index is 0.481. The molecule has 1 N–H and O–H groups in total. The van der Waals surface area contributed by atoms with Crippen LogP contribution in [-0.4, -0.2) is 7.05 Å². The molecule has 1 aromatic heterocycles. The molecule has 0 saturated carbocycles. The summed E-state index contributed by atoms with van der Waals surface area (Å²) in [6.45, 7) is 2.83. The fourth-order valence-corrected chi connectivity index (χ4v) is 3.57. The van der Waals surface area contributed by atoms with Crippen LogP contribution in [0.3, 0.4) is 0 Å². The molecule has 0 aliphatic carbocycles. The van der Waals surface area contributed by atoms with Gasteiger partial charge in [-0.3, -0.25) is 0 Å². The second kappa shape index (κ2) is 7.58. The molecule has 0 aliphatic rings. The Hall–Kier alpha value is -1.52. The van der Waals surface area contributed by atoms with E-state index in [1.807, 2.05) is 19.2 Å². The fourth-order valence-electron chi connectivity index (χ4n) is 2.42. The van der Waals surface area contributed by atoms with Crippen molar-refractivity contribution in [2.45, 2.75) is 13.5 Å². The van der Waals surface area contributed by atoms with E-state index in [2.05, 4.69) is 36.5 Å². The third-order valence-electron chi connectivity index (χ3n) is 3.57. The van der Waals surface area contributed by atoms with Crippen molar-refractivity contribution in [3.8, 4) is 21.9 Å². The summed E-state index contributed by atoms with van der Waals surface area (Å²) in [5.74, 6) is 1.47. The molecule has 3 rings (SSSR count). The second-order valence-corrected chi connectivity index (χ2v) is 7.54. The molecule has 5 heteroatoms. The van der Waals surface area contributed by atoms with Crippen molar-refractivity contribution in [3.05, 3.63) is 69.0 Å². The molecule has 2 nitrogen and oxygen atoms in total. The first-order chi connectivity index (χ1) is 11.6. The first-order valence-corrected chi connectivity index (χ1v) is 9.11. The van der Waals surface area contributed by atoms with E-state index < -0.39 is 0 Å². The van der Waals surface area contributed by atoms with Gasteiger partial charge in [0, 0.05) is 27.9 Å². The molecule has 2 aromatic carbocycles. The standard InChI is InChI=1S/C19H17Cl2NOS/c1-12-3-8-19(24-12)13-4-7-18(14(9-13)11-22-2)23-15-5-6-16(20)17(21)10-15/h3-10,22H,11H2,1-2H3. The Kier molecular flexibility index (Phi) is 5.47. The highest BCUT2D eigenvalue weighted by atomic mass is 35.5. The van der Waals surface area contributed by atoms with Gasteiger partial charge in [-0.1, -0.05) is 23.2 Å². The topological polar surface area (TPSA) is 21.3 Å². The Morgan fingerprint density at radius 3 is 2.50 bits per heavy atom. The maximum Gasteiger partial charge on any atom is 0.131 e. The van der Waals surface area contributed by atoms with Gasteiger partial charge in [0.05, 0.1) is 10.0 Å². The van der Waals surface area contributed by atoms with Gasteiger partial charge in [0.25, 0.3) is 0 Å². The van der Waals surface area contributed by atoms with Crippen LogP contribution in [0.15, 0.2) is 48.5 Å². The molecule has 0 fully saturated rings. The molecular formula is C19H17Cl2NOS. The van der Waals surface area contributed by atoms with Crippen LogP contribution in [0.1, 0.15) is 10.4 Å². The van der Waals surface area contributed by atoms with E-state index in [1.165, 1.54) is 15.3 Å². The molecular weight excluding hydrogens is 361 g/mol. The number of hydrogen-bond acceptors (Lipinski definition) is 3. The molecule has 0 aliphatic heterocycles. The molecule has 0 saturated heterocycles. The number of hydrogen-bond donors (Lipinski definition) is 1. The summed E-state index contributed by atoms with van der Waals surface area (Å²) in [4.78, 5) is 2.56. The second-order valence-electron chi connectivity index (χ2n) is 5.44. The number of nitrogens with one attached hydrogen (secondary N) is 1. The highest BCUT2D eigenvalue weighted by molar-refractivity contribution is 7.15. The van der Waals surface area contributed by atoms with Crippen LogP contribution in [0.25, 0.3) is 10.4 Å². The van der Waals surface area contributed by atoms with E-state index in [1.54, 1.807) is 23.5 Å². The van der Waals surface area contributed by atoms with Gasteiger partial charge >= 0.3 is 0 Å². The molecule has 0 spiro atoms. The summed E-state index contributed by atoms with van der Waals surface area (Å²) >= 11 is 13.8. The summed E-state index contributed by atoms with van der Waals surface area (Å²) in [6.07, 6.45) is 0. The number of aryl methyl sites for hydroxylation is 1. The molecule has 0 unspecified atom stereocenters. The molecule has 24 heavy (non-hydrogen) atoms. The predicted octanol–water partition coefficient (Wildman–Crippen LogP) is 6.54. The van der Waals surface area contributed by atoms with Crippen LogP contribution in [0.4, 0.5) is 0 Å². The molecule has 124 valence electrons. The van der Waals surface area contributed by atoms with Gasteiger partial charge in [-0.2, -0.15) is 0 Å². The number of benzene rings is 2. The van der Waals surface area contributed by atoms with E-state index in [0.717, 1.165) is 17.9 Å². The Morgan fingerprint density at radius 2 is 1.83 bits per heavy atom. The van der Waals surface area contributed by atoms with Crippen LogP contribution in [-0.2, 0) is 6.54 Å². The number of thiophene rings is 1. The Morgan fingerprint density at radius 1 is 1.00 bits per heavy atom. The molecule has 0 amide bonds. The number of ether oxygens (including phenoxy) is 1. The molecule has 0 atom stereocenters. The van der Waals surface area contributed by atoms with Crippen molar-refractivity contribution >= 4 is 34.5 Å². The Bertz CT molecular complexity index is 860. The van der Waals surface area contributed by atoms with E-state index in [0.29, 0.717) is 15.8 Å². The van der Waals surface area contributed by atoms with Crippen LogP contribution in [0.2, 0.25) is 10.0 Å². The summed E-state index contributed by atoms with van der Waals surface area (Å²) in [6, 6.07) is 15.8. The lowest BCUT2D eigenvalue weighted by molar-refractivity contribution is 0.474. The zero-order valence-electron chi connectivity index (χ0n) is 13.4. The minimum atomic E-state index is 0.481. The SMILES string of the molecule is CNCc1cc(-c2ccc(C)s2)ccc1Oc1ccc(Cl)c(Cl)c1. The Labute approximate surface area is 156 Å².